The van der Waals surface area contributed by atoms with Gasteiger partial charge in [-0.3, -0.25) is 4.79 Å². The number of hydrogen-bond donors (Lipinski definition) is 1. The van der Waals surface area contributed by atoms with Crippen LogP contribution in [0.15, 0.2) is 0 Å². The van der Waals surface area contributed by atoms with Gasteiger partial charge in [0.1, 0.15) is 5.60 Å². The minimum Gasteiger partial charge on any atom is -0.444 e. The first kappa shape index (κ1) is 18.1. The van der Waals surface area contributed by atoms with Crippen LogP contribution in [0.3, 0.4) is 0 Å². The van der Waals surface area contributed by atoms with Gasteiger partial charge in [-0.15, -0.1) is 0 Å². The molecule has 2 amide bonds. The number of piperidine rings is 1. The van der Waals surface area contributed by atoms with Gasteiger partial charge in [-0.2, -0.15) is 0 Å². The third-order valence-corrected chi connectivity index (χ3v) is 4.72. The molecule has 1 saturated heterocycles. The van der Waals surface area contributed by atoms with E-state index in [0.29, 0.717) is 19.1 Å². The van der Waals surface area contributed by atoms with Crippen molar-refractivity contribution >= 4 is 12.0 Å². The van der Waals surface area contributed by atoms with Gasteiger partial charge in [-0.25, -0.2) is 4.79 Å². The number of amides is 2. The molecule has 0 aromatic heterocycles. The number of likely N-dealkylation sites (tertiary alicyclic amines) is 1. The van der Waals surface area contributed by atoms with Crippen molar-refractivity contribution in [2.45, 2.75) is 83.8 Å². The SMILES string of the molecule is CC(C)(C)OC(=O)N1CCC(C(=O)NC2CCCCCC2)CC1. The molecule has 1 aliphatic heterocycles. The maximum absolute atomic E-state index is 12.4. The molecule has 1 N–H and O–H groups in total. The van der Waals surface area contributed by atoms with Crippen LogP contribution in [0.5, 0.6) is 0 Å². The summed E-state index contributed by atoms with van der Waals surface area (Å²) in [5.74, 6) is 0.220. The number of ether oxygens (including phenoxy) is 1. The van der Waals surface area contributed by atoms with Crippen LogP contribution in [0, 0.1) is 5.92 Å². The van der Waals surface area contributed by atoms with E-state index in [4.69, 9.17) is 4.74 Å². The Morgan fingerprint density at radius 3 is 2.04 bits per heavy atom. The molecule has 132 valence electrons. The van der Waals surface area contributed by atoms with Crippen molar-refractivity contribution in [3.63, 3.8) is 0 Å². The molecule has 5 nitrogen and oxygen atoms in total. The highest BCUT2D eigenvalue weighted by Gasteiger charge is 2.30. The van der Waals surface area contributed by atoms with Crippen molar-refractivity contribution in [3.8, 4) is 0 Å². The van der Waals surface area contributed by atoms with E-state index in [1.165, 1.54) is 25.7 Å². The Morgan fingerprint density at radius 2 is 1.52 bits per heavy atom. The van der Waals surface area contributed by atoms with Gasteiger partial charge in [0, 0.05) is 25.0 Å². The number of carbonyl (C=O) groups is 2. The fraction of sp³-hybridized carbons (Fsp3) is 0.889. The van der Waals surface area contributed by atoms with Crippen LogP contribution >= 0.6 is 0 Å². The second kappa shape index (κ2) is 8.02. The molecular weight excluding hydrogens is 292 g/mol. The molecule has 0 aromatic carbocycles. The van der Waals surface area contributed by atoms with Crippen molar-refractivity contribution in [2.24, 2.45) is 5.92 Å². The van der Waals surface area contributed by atoms with E-state index in [9.17, 15) is 9.59 Å². The Hall–Kier alpha value is -1.26. The zero-order valence-corrected chi connectivity index (χ0v) is 14.9. The second-order valence-electron chi connectivity index (χ2n) is 7.94. The minimum atomic E-state index is -0.467. The van der Waals surface area contributed by atoms with Crippen LogP contribution in [-0.2, 0) is 9.53 Å². The van der Waals surface area contributed by atoms with Crippen LogP contribution in [0.1, 0.15) is 72.1 Å². The predicted octanol–water partition coefficient (Wildman–Crippen LogP) is 3.47. The Bertz CT molecular complexity index is 401. The highest BCUT2D eigenvalue weighted by atomic mass is 16.6. The fourth-order valence-electron chi connectivity index (χ4n) is 3.39. The summed E-state index contributed by atoms with van der Waals surface area (Å²) >= 11 is 0. The molecule has 1 aliphatic carbocycles. The zero-order valence-electron chi connectivity index (χ0n) is 14.9. The molecule has 0 unspecified atom stereocenters. The standard InChI is InChI=1S/C18H32N2O3/c1-18(2,3)23-17(22)20-12-10-14(11-13-20)16(21)19-15-8-6-4-5-7-9-15/h14-15H,4-13H2,1-3H3,(H,19,21). The van der Waals surface area contributed by atoms with Crippen molar-refractivity contribution in [2.75, 3.05) is 13.1 Å². The van der Waals surface area contributed by atoms with Gasteiger partial charge in [0.25, 0.3) is 0 Å². The quantitative estimate of drug-likeness (QED) is 0.791. The van der Waals surface area contributed by atoms with E-state index < -0.39 is 5.60 Å². The van der Waals surface area contributed by atoms with Crippen LogP contribution in [0.25, 0.3) is 0 Å². The van der Waals surface area contributed by atoms with Gasteiger partial charge in [-0.1, -0.05) is 25.7 Å². The third kappa shape index (κ3) is 6.04. The lowest BCUT2D eigenvalue weighted by Gasteiger charge is -2.33. The van der Waals surface area contributed by atoms with Gasteiger partial charge in [0.15, 0.2) is 0 Å². The van der Waals surface area contributed by atoms with Crippen LogP contribution < -0.4 is 5.32 Å². The zero-order chi connectivity index (χ0) is 16.9. The summed E-state index contributed by atoms with van der Waals surface area (Å²) in [6, 6.07) is 0.355. The summed E-state index contributed by atoms with van der Waals surface area (Å²) in [6.45, 7) is 6.84. The topological polar surface area (TPSA) is 58.6 Å². The number of carbonyl (C=O) groups excluding carboxylic acids is 2. The van der Waals surface area contributed by atoms with Crippen LogP contribution in [0.4, 0.5) is 4.79 Å². The maximum Gasteiger partial charge on any atom is 0.410 e. The molecule has 1 saturated carbocycles. The summed E-state index contributed by atoms with van der Waals surface area (Å²) < 4.78 is 5.39. The largest absolute Gasteiger partial charge is 0.444 e. The molecule has 2 aliphatic rings. The molecular formula is C18H32N2O3. The van der Waals surface area contributed by atoms with Crippen molar-refractivity contribution in [1.29, 1.82) is 0 Å². The molecule has 1 heterocycles. The van der Waals surface area contributed by atoms with Gasteiger partial charge >= 0.3 is 6.09 Å². The van der Waals surface area contributed by atoms with Crippen molar-refractivity contribution in [3.05, 3.63) is 0 Å². The molecule has 0 aromatic rings. The molecule has 5 heteroatoms. The molecule has 0 atom stereocenters. The number of nitrogens with zero attached hydrogens (tertiary/aromatic N) is 1. The molecule has 23 heavy (non-hydrogen) atoms. The molecule has 2 rings (SSSR count). The second-order valence-corrected chi connectivity index (χ2v) is 7.94. The van der Waals surface area contributed by atoms with Crippen LogP contribution in [-0.4, -0.2) is 41.6 Å². The highest BCUT2D eigenvalue weighted by Crippen LogP contribution is 2.22. The normalized spacial score (nSPS) is 21.6. The lowest BCUT2D eigenvalue weighted by atomic mass is 9.95. The predicted molar refractivity (Wildman–Crippen MR) is 90.2 cm³/mol. The van der Waals surface area contributed by atoms with Gasteiger partial charge in [0.2, 0.25) is 5.91 Å². The summed E-state index contributed by atoms with van der Waals surface area (Å²) in [6.07, 6.45) is 8.46. The number of rotatable bonds is 2. The van der Waals surface area contributed by atoms with Crippen molar-refractivity contribution < 1.29 is 14.3 Å². The summed E-state index contributed by atoms with van der Waals surface area (Å²) in [5, 5.41) is 3.24. The smallest absolute Gasteiger partial charge is 0.410 e. The van der Waals surface area contributed by atoms with Crippen LogP contribution in [0.2, 0.25) is 0 Å². The molecule has 2 fully saturated rings. The summed E-state index contributed by atoms with van der Waals surface area (Å²) in [5.41, 5.74) is -0.467. The summed E-state index contributed by atoms with van der Waals surface area (Å²) in [7, 11) is 0. The fourth-order valence-corrected chi connectivity index (χ4v) is 3.39. The Kier molecular flexibility index (Phi) is 6.31. The van der Waals surface area contributed by atoms with E-state index >= 15 is 0 Å². The molecule has 0 spiro atoms. The van der Waals surface area contributed by atoms with E-state index in [-0.39, 0.29) is 17.9 Å². The molecule has 0 radical (unpaired) electrons. The summed E-state index contributed by atoms with van der Waals surface area (Å²) in [4.78, 5) is 26.2. The average Bonchev–Trinajstić information content (AvgIpc) is 2.74. The first-order valence-electron chi connectivity index (χ1n) is 9.13. The van der Waals surface area contributed by atoms with Crippen molar-refractivity contribution in [1.82, 2.24) is 10.2 Å². The van der Waals surface area contributed by atoms with E-state index in [1.54, 1.807) is 4.90 Å². The third-order valence-electron chi connectivity index (χ3n) is 4.72. The highest BCUT2D eigenvalue weighted by molar-refractivity contribution is 5.79. The first-order chi connectivity index (χ1) is 10.8. The molecule has 0 bridgehead atoms. The Labute approximate surface area is 140 Å². The first-order valence-corrected chi connectivity index (χ1v) is 9.13. The van der Waals surface area contributed by atoms with Gasteiger partial charge in [0.05, 0.1) is 0 Å². The lowest BCUT2D eigenvalue weighted by molar-refractivity contribution is -0.127. The maximum atomic E-state index is 12.4. The Morgan fingerprint density at radius 1 is 0.957 bits per heavy atom. The Balaban J connectivity index is 1.75. The monoisotopic (exact) mass is 324 g/mol. The minimum absolute atomic E-state index is 0.0388. The van der Waals surface area contributed by atoms with Gasteiger partial charge in [-0.05, 0) is 46.5 Å². The van der Waals surface area contributed by atoms with Gasteiger partial charge < -0.3 is 15.0 Å². The number of hydrogen-bond acceptors (Lipinski definition) is 3. The van der Waals surface area contributed by atoms with E-state index in [1.807, 2.05) is 20.8 Å². The van der Waals surface area contributed by atoms with E-state index in [0.717, 1.165) is 25.7 Å². The number of nitrogens with one attached hydrogen (secondary N) is 1. The average molecular weight is 324 g/mol. The lowest BCUT2D eigenvalue weighted by Crippen LogP contribution is -2.46. The van der Waals surface area contributed by atoms with E-state index in [2.05, 4.69) is 5.32 Å².